The zero-order chi connectivity index (χ0) is 20.5. The molecule has 144 valence electrons. The van der Waals surface area contributed by atoms with Gasteiger partial charge in [0.2, 0.25) is 5.78 Å². The van der Waals surface area contributed by atoms with Gasteiger partial charge in [0.15, 0.2) is 5.76 Å². The summed E-state index contributed by atoms with van der Waals surface area (Å²) >= 11 is 6.01. The molecule has 0 bridgehead atoms. The van der Waals surface area contributed by atoms with Crippen molar-refractivity contribution in [1.29, 1.82) is 0 Å². The predicted molar refractivity (Wildman–Crippen MR) is 112 cm³/mol. The first kappa shape index (κ1) is 19.0. The van der Waals surface area contributed by atoms with Crippen LogP contribution in [0.1, 0.15) is 37.4 Å². The minimum atomic E-state index is -0.469. The van der Waals surface area contributed by atoms with Gasteiger partial charge >= 0.3 is 5.97 Å². The van der Waals surface area contributed by atoms with Crippen LogP contribution in [0.15, 0.2) is 66.4 Å². The first-order valence-electron chi connectivity index (χ1n) is 9.04. The first-order chi connectivity index (χ1) is 13.9. The molecule has 0 saturated heterocycles. The van der Waals surface area contributed by atoms with Crippen LogP contribution in [0.25, 0.3) is 6.08 Å². The summed E-state index contributed by atoms with van der Waals surface area (Å²) in [6, 6.07) is 17.5. The van der Waals surface area contributed by atoms with Crippen LogP contribution in [0.3, 0.4) is 0 Å². The molecule has 1 heterocycles. The molecule has 3 aromatic rings. The molecule has 0 fully saturated rings. The van der Waals surface area contributed by atoms with Crippen LogP contribution >= 0.6 is 11.6 Å². The number of carbonyl (C=O) groups excluding carboxylic acids is 2. The quantitative estimate of drug-likeness (QED) is 0.315. The van der Waals surface area contributed by atoms with E-state index >= 15 is 0 Å². The van der Waals surface area contributed by atoms with E-state index in [1.807, 2.05) is 25.1 Å². The fourth-order valence-electron chi connectivity index (χ4n) is 3.14. The number of benzene rings is 3. The van der Waals surface area contributed by atoms with E-state index in [1.165, 1.54) is 0 Å². The van der Waals surface area contributed by atoms with Crippen molar-refractivity contribution in [1.82, 2.24) is 0 Å². The third-order valence-corrected chi connectivity index (χ3v) is 4.82. The molecule has 0 N–H and O–H groups in total. The average molecular weight is 405 g/mol. The second kappa shape index (κ2) is 7.57. The monoisotopic (exact) mass is 404 g/mol. The Morgan fingerprint density at radius 3 is 2.52 bits per heavy atom. The maximum absolute atomic E-state index is 12.8. The molecule has 1 aliphatic heterocycles. The van der Waals surface area contributed by atoms with Gasteiger partial charge in [0.25, 0.3) is 0 Å². The minimum Gasteiger partial charge on any atom is -0.452 e. The number of allylic oxidation sites excluding steroid dienone is 1. The van der Waals surface area contributed by atoms with Crippen LogP contribution in [0, 0.1) is 13.8 Å². The molecule has 0 amide bonds. The molecule has 0 aromatic heterocycles. The third kappa shape index (κ3) is 3.93. The SMILES string of the molecule is Cc1ccc(C(=O)Oc2cc(C)c3c(c2)O/C(=C\c2cccc(Cl)c2)C3=O)cc1. The summed E-state index contributed by atoms with van der Waals surface area (Å²) in [5, 5.41) is 0.573. The third-order valence-electron chi connectivity index (χ3n) is 4.59. The van der Waals surface area contributed by atoms with Crippen LogP contribution in [0.5, 0.6) is 11.5 Å². The van der Waals surface area contributed by atoms with Crippen molar-refractivity contribution in [3.63, 3.8) is 0 Å². The highest BCUT2D eigenvalue weighted by Crippen LogP contribution is 2.37. The van der Waals surface area contributed by atoms with E-state index in [4.69, 9.17) is 21.1 Å². The molecule has 4 rings (SSSR count). The van der Waals surface area contributed by atoms with E-state index in [2.05, 4.69) is 0 Å². The minimum absolute atomic E-state index is 0.201. The number of carbonyl (C=O) groups is 2. The van der Waals surface area contributed by atoms with Gasteiger partial charge in [-0.05, 0) is 61.4 Å². The fourth-order valence-corrected chi connectivity index (χ4v) is 3.34. The maximum atomic E-state index is 12.8. The number of ketones is 1. The van der Waals surface area contributed by atoms with E-state index in [9.17, 15) is 9.59 Å². The number of hydrogen-bond acceptors (Lipinski definition) is 4. The summed E-state index contributed by atoms with van der Waals surface area (Å²) in [6.45, 7) is 3.73. The van der Waals surface area contributed by atoms with Crippen LogP contribution in [0.4, 0.5) is 0 Å². The second-order valence-corrected chi connectivity index (χ2v) is 7.30. The molecule has 5 heteroatoms. The van der Waals surface area contributed by atoms with Gasteiger partial charge in [0, 0.05) is 11.1 Å². The highest BCUT2D eigenvalue weighted by atomic mass is 35.5. The summed E-state index contributed by atoms with van der Waals surface area (Å²) in [5.41, 5.74) is 3.41. The lowest BCUT2D eigenvalue weighted by atomic mass is 10.0. The number of halogens is 1. The number of fused-ring (bicyclic) bond motifs is 1. The molecule has 0 atom stereocenters. The molecule has 0 radical (unpaired) electrons. The molecule has 1 aliphatic rings. The summed E-state index contributed by atoms with van der Waals surface area (Å²) in [4.78, 5) is 25.1. The Hall–Kier alpha value is -3.37. The maximum Gasteiger partial charge on any atom is 0.343 e. The molecule has 4 nitrogen and oxygen atoms in total. The van der Waals surface area contributed by atoms with Gasteiger partial charge in [0.1, 0.15) is 11.5 Å². The fraction of sp³-hybridized carbons (Fsp3) is 0.0833. The Bertz CT molecular complexity index is 1160. The van der Waals surface area contributed by atoms with Crippen molar-refractivity contribution in [2.24, 2.45) is 0 Å². The predicted octanol–water partition coefficient (Wildman–Crippen LogP) is 5.79. The lowest BCUT2D eigenvalue weighted by molar-refractivity contribution is 0.0734. The van der Waals surface area contributed by atoms with Crippen molar-refractivity contribution < 1.29 is 19.1 Å². The summed E-state index contributed by atoms with van der Waals surface area (Å²) < 4.78 is 11.2. The molecule has 29 heavy (non-hydrogen) atoms. The summed E-state index contributed by atoms with van der Waals surface area (Å²) in [7, 11) is 0. The average Bonchev–Trinajstić information content (AvgIpc) is 2.98. The molecular formula is C24H17ClO4. The van der Waals surface area contributed by atoms with Gasteiger partial charge in [-0.25, -0.2) is 4.79 Å². The van der Waals surface area contributed by atoms with Crippen molar-refractivity contribution in [2.45, 2.75) is 13.8 Å². The van der Waals surface area contributed by atoms with Crippen LogP contribution < -0.4 is 9.47 Å². The molecule has 0 saturated carbocycles. The van der Waals surface area contributed by atoms with E-state index in [0.717, 1.165) is 11.1 Å². The molecule has 3 aromatic carbocycles. The second-order valence-electron chi connectivity index (χ2n) is 6.86. The number of ether oxygens (including phenoxy) is 2. The highest BCUT2D eigenvalue weighted by molar-refractivity contribution is 6.30. The van der Waals surface area contributed by atoms with Crippen molar-refractivity contribution in [3.8, 4) is 11.5 Å². The lowest BCUT2D eigenvalue weighted by Crippen LogP contribution is -2.08. The number of aryl methyl sites for hydroxylation is 2. The number of hydrogen-bond donors (Lipinski definition) is 0. The Morgan fingerprint density at radius 1 is 1.03 bits per heavy atom. The topological polar surface area (TPSA) is 52.6 Å². The van der Waals surface area contributed by atoms with Crippen molar-refractivity contribution >= 4 is 29.4 Å². The van der Waals surface area contributed by atoms with E-state index < -0.39 is 5.97 Å². The van der Waals surface area contributed by atoms with Crippen LogP contribution in [0.2, 0.25) is 5.02 Å². The van der Waals surface area contributed by atoms with Gasteiger partial charge in [-0.15, -0.1) is 0 Å². The van der Waals surface area contributed by atoms with E-state index in [1.54, 1.807) is 55.5 Å². The molecule has 0 spiro atoms. The Morgan fingerprint density at radius 2 is 1.79 bits per heavy atom. The van der Waals surface area contributed by atoms with Gasteiger partial charge < -0.3 is 9.47 Å². The van der Waals surface area contributed by atoms with Crippen LogP contribution in [-0.4, -0.2) is 11.8 Å². The van der Waals surface area contributed by atoms with Gasteiger partial charge in [-0.1, -0.05) is 41.4 Å². The summed E-state index contributed by atoms with van der Waals surface area (Å²) in [6.07, 6.45) is 1.64. The Labute approximate surface area is 173 Å². The summed E-state index contributed by atoms with van der Waals surface area (Å²) in [5.74, 6) is 0.211. The van der Waals surface area contributed by atoms with E-state index in [0.29, 0.717) is 33.2 Å². The van der Waals surface area contributed by atoms with Crippen LogP contribution in [-0.2, 0) is 0 Å². The number of Topliss-reactive ketones (excluding diaryl/α,β-unsaturated/α-hetero) is 1. The zero-order valence-electron chi connectivity index (χ0n) is 15.9. The molecular weight excluding hydrogens is 388 g/mol. The highest BCUT2D eigenvalue weighted by Gasteiger charge is 2.30. The van der Waals surface area contributed by atoms with Gasteiger partial charge in [-0.3, -0.25) is 4.79 Å². The molecule has 0 aliphatic carbocycles. The normalized spacial score (nSPS) is 13.9. The number of rotatable bonds is 3. The van der Waals surface area contributed by atoms with Gasteiger partial charge in [0.05, 0.1) is 11.1 Å². The number of esters is 1. The van der Waals surface area contributed by atoms with E-state index in [-0.39, 0.29) is 11.5 Å². The standard InChI is InChI=1S/C24H17ClO4/c1-14-6-8-17(9-7-14)24(27)28-19-10-15(2)22-20(13-19)29-21(23(22)26)12-16-4-3-5-18(25)11-16/h3-13H,1-2H3/b21-12-. The Balaban J connectivity index is 1.60. The lowest BCUT2D eigenvalue weighted by Gasteiger charge is -2.08. The van der Waals surface area contributed by atoms with Gasteiger partial charge in [-0.2, -0.15) is 0 Å². The molecule has 0 unspecified atom stereocenters. The smallest absolute Gasteiger partial charge is 0.343 e. The first-order valence-corrected chi connectivity index (χ1v) is 9.42. The van der Waals surface area contributed by atoms with Crippen molar-refractivity contribution in [2.75, 3.05) is 0 Å². The van der Waals surface area contributed by atoms with Crippen molar-refractivity contribution in [3.05, 3.63) is 99.3 Å². The Kier molecular flexibility index (Phi) is 4.95. The largest absolute Gasteiger partial charge is 0.452 e. The zero-order valence-corrected chi connectivity index (χ0v) is 16.6.